The summed E-state index contributed by atoms with van der Waals surface area (Å²) in [5, 5.41) is 9.00. The second-order valence-electron chi connectivity index (χ2n) is 0.0745. The van der Waals surface area contributed by atoms with Crippen LogP contribution in [0.15, 0.2) is 5.34 Å². The van der Waals surface area contributed by atoms with Crippen LogP contribution in [0.2, 0.25) is 0 Å². The molecule has 0 aliphatic rings. The summed E-state index contributed by atoms with van der Waals surface area (Å²) in [5.41, 5.74) is 0. The van der Waals surface area contributed by atoms with Crippen LogP contribution < -0.4 is 12.3 Å². The zero-order valence-electron chi connectivity index (χ0n) is 3.37. The van der Waals surface area contributed by atoms with Gasteiger partial charge < -0.3 is 22.4 Å². The maximum absolute atomic E-state index is 8.00. The summed E-state index contributed by atoms with van der Waals surface area (Å²) in [5.74, 6) is 0. The average Bonchev–Trinajstić information content (AvgIpc) is 1.46. The first-order valence-corrected chi connectivity index (χ1v) is 3.30. The summed E-state index contributed by atoms with van der Waals surface area (Å²) in [6.45, 7) is 0. The van der Waals surface area contributed by atoms with Crippen LogP contribution in [-0.2, 0) is 18.8 Å². The number of rotatable bonds is 0. The van der Waals surface area contributed by atoms with Crippen LogP contribution in [0.25, 0.3) is 0 Å². The molecule has 0 spiro atoms. The normalized spacial score (nSPS) is 2.71. The molecule has 0 fully saturated rings. The second kappa shape index (κ2) is 105. The van der Waals surface area contributed by atoms with Crippen LogP contribution in [0, 0.1) is 10.1 Å². The zero-order valence-corrected chi connectivity index (χ0v) is 6.40. The molecule has 0 atom stereocenters. The molecule has 0 radical (unpaired) electrons. The van der Waals surface area contributed by atoms with E-state index in [1.54, 1.807) is 18.8 Å². The molecule has 0 bridgehead atoms. The van der Waals surface area contributed by atoms with E-state index < -0.39 is 0 Å². The van der Waals surface area contributed by atoms with Crippen LogP contribution in [0.4, 0.5) is 0 Å². The molecule has 6 N–H and O–H groups in total. The first-order chi connectivity index (χ1) is 2.41. The number of halogens is 1. The molecule has 0 rings (SSSR count). The summed E-state index contributed by atoms with van der Waals surface area (Å²) in [6, 6.07) is 0. The average molecular weight is 311 g/mol. The molecule has 0 aliphatic carbocycles. The SMILES string of the molecule is N.N.O=N[O-].[Cl][Pt]. The molecule has 0 amide bonds. The first kappa shape index (κ1) is 26.6. The van der Waals surface area contributed by atoms with Crippen molar-refractivity contribution in [3.8, 4) is 0 Å². The van der Waals surface area contributed by atoms with Gasteiger partial charge in [-0.15, -0.1) is 5.34 Å². The van der Waals surface area contributed by atoms with Gasteiger partial charge in [-0.05, 0) is 0 Å². The van der Waals surface area contributed by atoms with E-state index in [0.717, 1.165) is 5.34 Å². The van der Waals surface area contributed by atoms with Gasteiger partial charge in [0.05, 0.1) is 0 Å². The van der Waals surface area contributed by atoms with Crippen molar-refractivity contribution in [3.63, 3.8) is 0 Å². The van der Waals surface area contributed by atoms with Crippen molar-refractivity contribution in [2.24, 2.45) is 5.34 Å². The second-order valence-corrected chi connectivity index (χ2v) is 0.0745. The summed E-state index contributed by atoms with van der Waals surface area (Å²) < 4.78 is 0. The predicted molar refractivity (Wildman–Crippen MR) is 25.1 cm³/mol. The summed E-state index contributed by atoms with van der Waals surface area (Å²) in [4.78, 5) is 8.00. The monoisotopic (exact) mass is 310 g/mol. The van der Waals surface area contributed by atoms with E-state index in [0.29, 0.717) is 0 Å². The quantitative estimate of drug-likeness (QED) is 0.516. The Morgan fingerprint density at radius 1 is 1.43 bits per heavy atom. The molecular formula is H6ClN3O2Pt-. The number of hydrogen-bond acceptors (Lipinski definition) is 5. The molecule has 0 saturated carbocycles. The van der Waals surface area contributed by atoms with Crippen molar-refractivity contribution in [3.05, 3.63) is 10.1 Å². The summed E-state index contributed by atoms with van der Waals surface area (Å²) >= 11 is 1.61. The molecule has 0 aliphatic heterocycles. The Bertz CT molecular complexity index is 20.4. The predicted octanol–water partition coefficient (Wildman–Crippen LogP) is 1.26. The molecule has 7 heteroatoms. The van der Waals surface area contributed by atoms with Gasteiger partial charge in [-0.1, -0.05) is 0 Å². The molecule has 0 unspecified atom stereocenters. The van der Waals surface area contributed by atoms with Crippen molar-refractivity contribution < 1.29 is 18.8 Å². The van der Waals surface area contributed by atoms with Crippen molar-refractivity contribution in [1.29, 1.82) is 0 Å². The van der Waals surface area contributed by atoms with Gasteiger partial charge in [0, 0.05) is 0 Å². The van der Waals surface area contributed by atoms with E-state index >= 15 is 0 Å². The van der Waals surface area contributed by atoms with Gasteiger partial charge in [-0.25, -0.2) is 0 Å². The molecule has 0 aromatic heterocycles. The fourth-order valence-electron chi connectivity index (χ4n) is 0. The van der Waals surface area contributed by atoms with Crippen LogP contribution in [0.3, 0.4) is 0 Å². The third-order valence-corrected chi connectivity index (χ3v) is 0. The van der Waals surface area contributed by atoms with E-state index in [1.165, 1.54) is 0 Å². The van der Waals surface area contributed by atoms with Gasteiger partial charge in [-0.3, -0.25) is 0 Å². The molecule has 7 heavy (non-hydrogen) atoms. The van der Waals surface area contributed by atoms with Gasteiger partial charge in [0.1, 0.15) is 0 Å². The molecule has 5 nitrogen and oxygen atoms in total. The third-order valence-electron chi connectivity index (χ3n) is 0. The van der Waals surface area contributed by atoms with E-state index in [1.807, 2.05) is 0 Å². The van der Waals surface area contributed by atoms with Gasteiger partial charge in [0.25, 0.3) is 0 Å². The molecule has 0 heterocycles. The Hall–Kier alpha value is 0.298. The van der Waals surface area contributed by atoms with Gasteiger partial charge in [0.2, 0.25) is 0 Å². The standard InChI is InChI=1S/ClH.HNO2.2H3N.Pt/c;2-1-3;;;/h1H;(H,2,3);2*1H3;/q;;;;+1/p-2. The Kier molecular flexibility index (Phi) is 399. The molecular weight excluding hydrogens is 305 g/mol. The van der Waals surface area contributed by atoms with Gasteiger partial charge in [-0.2, -0.15) is 0 Å². The van der Waals surface area contributed by atoms with Gasteiger partial charge >= 0.3 is 28.2 Å². The zero-order chi connectivity index (χ0) is 4.71. The van der Waals surface area contributed by atoms with E-state index in [4.69, 9.17) is 10.1 Å². The Balaban J connectivity index is -0.0000000105. The summed E-state index contributed by atoms with van der Waals surface area (Å²) in [6.07, 6.45) is 0. The van der Waals surface area contributed by atoms with Crippen molar-refractivity contribution in [1.82, 2.24) is 12.3 Å². The molecule has 0 aromatic rings. The van der Waals surface area contributed by atoms with E-state index in [-0.39, 0.29) is 12.3 Å². The Labute approximate surface area is 56.3 Å². The van der Waals surface area contributed by atoms with Crippen molar-refractivity contribution >= 4 is 9.42 Å². The fraction of sp³-hybridized carbons (Fsp3) is 0. The minimum atomic E-state index is 0. The Morgan fingerprint density at radius 2 is 1.43 bits per heavy atom. The Morgan fingerprint density at radius 3 is 1.43 bits per heavy atom. The van der Waals surface area contributed by atoms with Crippen LogP contribution >= 0.6 is 9.42 Å². The van der Waals surface area contributed by atoms with Crippen LogP contribution in [-0.4, -0.2) is 0 Å². The number of hydrogen-bond donors (Lipinski definition) is 2. The minimum absolute atomic E-state index is 0. The van der Waals surface area contributed by atoms with Crippen molar-refractivity contribution in [2.45, 2.75) is 0 Å². The first-order valence-electron chi connectivity index (χ1n) is 0.485. The molecule has 0 aromatic carbocycles. The van der Waals surface area contributed by atoms with E-state index in [9.17, 15) is 0 Å². The third kappa shape index (κ3) is 1310. The number of nitrogens with zero attached hydrogens (tertiary/aromatic N) is 1. The van der Waals surface area contributed by atoms with Crippen LogP contribution in [0.5, 0.6) is 0 Å². The fourth-order valence-corrected chi connectivity index (χ4v) is 0. The topological polar surface area (TPSA) is 122 Å². The molecule has 0 saturated heterocycles. The van der Waals surface area contributed by atoms with Crippen molar-refractivity contribution in [2.75, 3.05) is 0 Å². The summed E-state index contributed by atoms with van der Waals surface area (Å²) in [7, 11) is 4.61. The van der Waals surface area contributed by atoms with Crippen LogP contribution in [0.1, 0.15) is 0 Å². The molecule has 51 valence electrons. The van der Waals surface area contributed by atoms with E-state index in [2.05, 4.69) is 9.42 Å². The maximum atomic E-state index is 8.00. The van der Waals surface area contributed by atoms with Gasteiger partial charge in [0.15, 0.2) is 0 Å².